The molecule has 2 N–H and O–H groups in total. The van der Waals surface area contributed by atoms with Gasteiger partial charge in [-0.15, -0.1) is 0 Å². The van der Waals surface area contributed by atoms with Crippen molar-refractivity contribution in [1.29, 1.82) is 0 Å². The van der Waals surface area contributed by atoms with Gasteiger partial charge in [-0.25, -0.2) is 0 Å². The highest BCUT2D eigenvalue weighted by Crippen LogP contribution is 2.29. The highest BCUT2D eigenvalue weighted by molar-refractivity contribution is 5.94. The van der Waals surface area contributed by atoms with Crippen molar-refractivity contribution in [3.63, 3.8) is 0 Å². The predicted molar refractivity (Wildman–Crippen MR) is 109 cm³/mol. The van der Waals surface area contributed by atoms with Gasteiger partial charge in [0.25, 0.3) is 5.91 Å². The summed E-state index contributed by atoms with van der Waals surface area (Å²) >= 11 is 0. The maximum Gasteiger partial charge on any atom is 0.422 e. The first-order valence-corrected chi connectivity index (χ1v) is 9.92. The summed E-state index contributed by atoms with van der Waals surface area (Å²) in [6.45, 7) is 0.254. The van der Waals surface area contributed by atoms with E-state index in [0.717, 1.165) is 24.0 Å². The van der Waals surface area contributed by atoms with Crippen molar-refractivity contribution in [3.8, 4) is 11.5 Å². The Kier molecular flexibility index (Phi) is 7.75. The van der Waals surface area contributed by atoms with Crippen LogP contribution in [0.5, 0.6) is 11.5 Å². The molecule has 2 aromatic carbocycles. The number of rotatable bonds is 9. The van der Waals surface area contributed by atoms with Gasteiger partial charge in [-0.1, -0.05) is 18.2 Å². The minimum Gasteiger partial charge on any atom is -0.493 e. The molecule has 0 bridgehead atoms. The summed E-state index contributed by atoms with van der Waals surface area (Å²) in [4.78, 5) is 12.2. The molecule has 9 heteroatoms. The lowest BCUT2D eigenvalue weighted by molar-refractivity contribution is -0.153. The minimum absolute atomic E-state index is 0.0401. The van der Waals surface area contributed by atoms with Crippen molar-refractivity contribution in [2.45, 2.75) is 38.2 Å². The number of hydrogen-bond donors (Lipinski definition) is 2. The number of benzene rings is 2. The van der Waals surface area contributed by atoms with Crippen LogP contribution in [0.25, 0.3) is 0 Å². The normalized spacial score (nSPS) is 16.2. The van der Waals surface area contributed by atoms with Crippen LogP contribution in [-0.2, 0) is 22.6 Å². The highest BCUT2D eigenvalue weighted by atomic mass is 19.4. The van der Waals surface area contributed by atoms with Gasteiger partial charge in [-0.2, -0.15) is 13.2 Å². The Morgan fingerprint density at radius 3 is 2.58 bits per heavy atom. The summed E-state index contributed by atoms with van der Waals surface area (Å²) < 4.78 is 52.4. The summed E-state index contributed by atoms with van der Waals surface area (Å²) in [6, 6.07) is 12.3. The van der Waals surface area contributed by atoms with E-state index in [-0.39, 0.29) is 23.5 Å². The lowest BCUT2D eigenvalue weighted by Gasteiger charge is -2.14. The van der Waals surface area contributed by atoms with Crippen molar-refractivity contribution in [2.75, 3.05) is 25.6 Å². The van der Waals surface area contributed by atoms with E-state index in [4.69, 9.17) is 14.2 Å². The zero-order valence-corrected chi connectivity index (χ0v) is 17.1. The molecule has 0 spiro atoms. The molecule has 1 amide bonds. The number of ether oxygens (including phenoxy) is 3. The second-order valence-corrected chi connectivity index (χ2v) is 7.18. The second-order valence-electron chi connectivity index (χ2n) is 7.18. The molecule has 1 atom stereocenters. The number of carbonyl (C=O) groups excluding carboxylic acids is 1. The largest absolute Gasteiger partial charge is 0.493 e. The van der Waals surface area contributed by atoms with Gasteiger partial charge >= 0.3 is 6.18 Å². The highest BCUT2D eigenvalue weighted by Gasteiger charge is 2.29. The Labute approximate surface area is 178 Å². The van der Waals surface area contributed by atoms with E-state index in [0.29, 0.717) is 25.4 Å². The van der Waals surface area contributed by atoms with Gasteiger partial charge in [-0.05, 0) is 48.2 Å². The summed E-state index contributed by atoms with van der Waals surface area (Å²) in [5, 5.41) is 6.14. The number of amides is 1. The van der Waals surface area contributed by atoms with Gasteiger partial charge in [0.1, 0.15) is 6.10 Å². The maximum atomic E-state index is 12.4. The number of carbonyl (C=O) groups is 1. The summed E-state index contributed by atoms with van der Waals surface area (Å²) in [7, 11) is 1.38. The first-order chi connectivity index (χ1) is 14.8. The Morgan fingerprint density at radius 1 is 1.13 bits per heavy atom. The molecule has 1 saturated heterocycles. The van der Waals surface area contributed by atoms with Gasteiger partial charge < -0.3 is 24.8 Å². The standard InChI is InChI=1S/C22H25F3N2O4/c1-29-20-11-16(7-8-18(20)31-14-22(23,24)25)13-26-12-15-4-2-5-17(10-15)27-21(28)19-6-3-9-30-19/h2,4-5,7-8,10-11,19,26H,3,6,9,12-14H2,1H3,(H,27,28). The minimum atomic E-state index is -4.41. The van der Waals surface area contributed by atoms with Crippen molar-refractivity contribution in [1.82, 2.24) is 5.32 Å². The predicted octanol–water partition coefficient (Wildman–Crippen LogP) is 4.04. The lowest BCUT2D eigenvalue weighted by Crippen LogP contribution is -2.26. The van der Waals surface area contributed by atoms with Gasteiger partial charge in [0.15, 0.2) is 18.1 Å². The van der Waals surface area contributed by atoms with E-state index >= 15 is 0 Å². The molecular formula is C22H25F3N2O4. The summed E-state index contributed by atoms with van der Waals surface area (Å²) in [5.74, 6) is 0.142. The number of nitrogens with one attached hydrogen (secondary N) is 2. The van der Waals surface area contributed by atoms with Crippen molar-refractivity contribution in [3.05, 3.63) is 53.6 Å². The first-order valence-electron chi connectivity index (χ1n) is 9.92. The van der Waals surface area contributed by atoms with Crippen LogP contribution in [0.4, 0.5) is 18.9 Å². The monoisotopic (exact) mass is 438 g/mol. The average Bonchev–Trinajstić information content (AvgIpc) is 3.27. The Balaban J connectivity index is 1.52. The number of hydrogen-bond acceptors (Lipinski definition) is 5. The van der Waals surface area contributed by atoms with E-state index in [1.54, 1.807) is 12.1 Å². The van der Waals surface area contributed by atoms with Gasteiger partial charge in [-0.3, -0.25) is 4.79 Å². The molecular weight excluding hydrogens is 413 g/mol. The molecule has 0 aromatic heterocycles. The average molecular weight is 438 g/mol. The van der Waals surface area contributed by atoms with Gasteiger partial charge in [0.05, 0.1) is 7.11 Å². The van der Waals surface area contributed by atoms with Gasteiger partial charge in [0.2, 0.25) is 0 Å². The van der Waals surface area contributed by atoms with Crippen LogP contribution in [0.1, 0.15) is 24.0 Å². The molecule has 31 heavy (non-hydrogen) atoms. The van der Waals surface area contributed by atoms with Crippen LogP contribution in [-0.4, -0.2) is 38.5 Å². The van der Waals surface area contributed by atoms with Crippen LogP contribution in [0, 0.1) is 0 Å². The van der Waals surface area contributed by atoms with Crippen LogP contribution < -0.4 is 20.1 Å². The lowest BCUT2D eigenvalue weighted by atomic mass is 10.1. The molecule has 1 aliphatic rings. The Bertz CT molecular complexity index is 883. The fraction of sp³-hybridized carbons (Fsp3) is 0.409. The molecule has 168 valence electrons. The van der Waals surface area contributed by atoms with Crippen molar-refractivity contribution in [2.24, 2.45) is 0 Å². The summed E-state index contributed by atoms with van der Waals surface area (Å²) in [6.07, 6.45) is -3.18. The third kappa shape index (κ3) is 7.15. The molecule has 6 nitrogen and oxygen atoms in total. The molecule has 2 aromatic rings. The molecule has 3 rings (SSSR count). The second kappa shape index (κ2) is 10.5. The number of alkyl halides is 3. The van der Waals surface area contributed by atoms with Crippen LogP contribution >= 0.6 is 0 Å². The van der Waals surface area contributed by atoms with Crippen LogP contribution in [0.2, 0.25) is 0 Å². The SMILES string of the molecule is COc1cc(CNCc2cccc(NC(=O)C3CCCO3)c2)ccc1OCC(F)(F)F. The molecule has 1 fully saturated rings. The molecule has 1 unspecified atom stereocenters. The fourth-order valence-corrected chi connectivity index (χ4v) is 3.22. The summed E-state index contributed by atoms with van der Waals surface area (Å²) in [5.41, 5.74) is 2.51. The quantitative estimate of drug-likeness (QED) is 0.619. The van der Waals surface area contributed by atoms with E-state index in [9.17, 15) is 18.0 Å². The zero-order chi connectivity index (χ0) is 22.3. The smallest absolute Gasteiger partial charge is 0.422 e. The van der Waals surface area contributed by atoms with Gasteiger partial charge in [0, 0.05) is 25.4 Å². The third-order valence-corrected chi connectivity index (χ3v) is 4.69. The van der Waals surface area contributed by atoms with Crippen molar-refractivity contribution < 1.29 is 32.2 Å². The topological polar surface area (TPSA) is 68.8 Å². The zero-order valence-electron chi connectivity index (χ0n) is 17.1. The van der Waals surface area contributed by atoms with E-state index in [2.05, 4.69) is 10.6 Å². The molecule has 0 radical (unpaired) electrons. The molecule has 0 saturated carbocycles. The van der Waals surface area contributed by atoms with Crippen LogP contribution in [0.15, 0.2) is 42.5 Å². The van der Waals surface area contributed by atoms with Crippen LogP contribution in [0.3, 0.4) is 0 Å². The first kappa shape index (κ1) is 22.9. The number of halogens is 3. The third-order valence-electron chi connectivity index (χ3n) is 4.69. The molecule has 0 aliphatic carbocycles. The number of anilines is 1. The molecule has 1 aliphatic heterocycles. The van der Waals surface area contributed by atoms with E-state index in [1.807, 2.05) is 24.3 Å². The van der Waals surface area contributed by atoms with E-state index in [1.165, 1.54) is 13.2 Å². The Hall–Kier alpha value is -2.78. The van der Waals surface area contributed by atoms with Crippen molar-refractivity contribution >= 4 is 11.6 Å². The Morgan fingerprint density at radius 2 is 1.90 bits per heavy atom. The fourth-order valence-electron chi connectivity index (χ4n) is 3.22. The van der Waals surface area contributed by atoms with E-state index < -0.39 is 12.8 Å². The number of methoxy groups -OCH3 is 1. The molecule has 1 heterocycles. The maximum absolute atomic E-state index is 12.4.